The largest absolute Gasteiger partial charge is 0.433 e. The van der Waals surface area contributed by atoms with E-state index in [1.165, 1.54) is 42.6 Å². The summed E-state index contributed by atoms with van der Waals surface area (Å²) in [4.78, 5) is 19.0. The third-order valence-corrected chi connectivity index (χ3v) is 5.86. The van der Waals surface area contributed by atoms with Crippen LogP contribution in [0.15, 0.2) is 54.7 Å². The Hall–Kier alpha value is -3.60. The maximum atomic E-state index is 13.6. The Morgan fingerprint density at radius 1 is 0.763 bits per heavy atom. The highest BCUT2D eigenvalue weighted by molar-refractivity contribution is 5.94. The summed E-state index contributed by atoms with van der Waals surface area (Å²) < 4.78 is 81.1. The molecule has 0 N–H and O–H groups in total. The average Bonchev–Trinajstić information content (AvgIpc) is 2.87. The fourth-order valence-corrected chi connectivity index (χ4v) is 4.28. The maximum absolute atomic E-state index is 13.6. The van der Waals surface area contributed by atoms with Gasteiger partial charge >= 0.3 is 12.4 Å². The quantitative estimate of drug-likeness (QED) is 0.221. The van der Waals surface area contributed by atoms with Gasteiger partial charge in [-0.25, -0.2) is 15.0 Å². The number of aromatic nitrogens is 4. The van der Waals surface area contributed by atoms with E-state index in [4.69, 9.17) is 0 Å². The van der Waals surface area contributed by atoms with Gasteiger partial charge in [0.25, 0.3) is 0 Å². The molecule has 0 aliphatic heterocycles. The molecule has 4 rings (SSSR count). The monoisotopic (exact) mass is 533 g/mol. The molecule has 3 aromatic heterocycles. The first-order chi connectivity index (χ1) is 18.0. The second kappa shape index (κ2) is 11.0. The topological polar surface area (TPSA) is 54.8 Å². The van der Waals surface area contributed by atoms with E-state index in [1.807, 2.05) is 13.8 Å². The molecule has 200 valence electrons. The van der Waals surface area contributed by atoms with E-state index in [0.29, 0.717) is 17.8 Å². The molecule has 11 heteroatoms. The summed E-state index contributed by atoms with van der Waals surface area (Å²) >= 11 is 0. The summed E-state index contributed by atoms with van der Waals surface area (Å²) in [5.74, 6) is 0.336. The van der Waals surface area contributed by atoms with Crippen LogP contribution in [0.25, 0.3) is 33.5 Å². The van der Waals surface area contributed by atoms with Crippen LogP contribution in [0.1, 0.15) is 43.8 Å². The molecule has 3 heterocycles. The Morgan fingerprint density at radius 3 is 2.16 bits per heavy atom. The number of rotatable bonds is 8. The van der Waals surface area contributed by atoms with E-state index in [2.05, 4.69) is 24.8 Å². The highest BCUT2D eigenvalue weighted by atomic mass is 19.4. The van der Waals surface area contributed by atoms with Crippen molar-refractivity contribution in [2.24, 2.45) is 0 Å². The summed E-state index contributed by atoms with van der Waals surface area (Å²) in [6, 6.07) is 10.1. The standard InChI is InChI=1S/C27H25F6N5/c1-3-13-38(14-4-2)16-23-36-21-15-17(24-19(26(28,29)30)7-6-12-34-24)10-11-18(21)25(37-23)20-8-5-9-22(35-20)27(31,32)33/h5-12,15H,3-4,13-14,16H2,1-2H3. The predicted octanol–water partition coefficient (Wildman–Crippen LogP) is 7.41. The summed E-state index contributed by atoms with van der Waals surface area (Å²) in [5.41, 5.74) is -1.60. The first-order valence-corrected chi connectivity index (χ1v) is 12.1. The minimum atomic E-state index is -4.65. The van der Waals surface area contributed by atoms with Gasteiger partial charge in [-0.05, 0) is 62.3 Å². The molecular weight excluding hydrogens is 508 g/mol. The van der Waals surface area contributed by atoms with Crippen LogP contribution in [-0.4, -0.2) is 37.9 Å². The summed E-state index contributed by atoms with van der Waals surface area (Å²) in [5, 5.41) is 0.367. The lowest BCUT2D eigenvalue weighted by Crippen LogP contribution is -2.26. The first-order valence-electron chi connectivity index (χ1n) is 12.1. The predicted molar refractivity (Wildman–Crippen MR) is 132 cm³/mol. The van der Waals surface area contributed by atoms with Gasteiger partial charge in [-0.15, -0.1) is 0 Å². The van der Waals surface area contributed by atoms with Gasteiger partial charge in [-0.1, -0.05) is 26.0 Å². The van der Waals surface area contributed by atoms with Crippen LogP contribution in [0.5, 0.6) is 0 Å². The number of hydrogen-bond donors (Lipinski definition) is 0. The van der Waals surface area contributed by atoms with Crippen molar-refractivity contribution in [3.63, 3.8) is 0 Å². The minimum Gasteiger partial charge on any atom is -0.296 e. The van der Waals surface area contributed by atoms with Crippen molar-refractivity contribution in [1.82, 2.24) is 24.8 Å². The van der Waals surface area contributed by atoms with Gasteiger partial charge in [0.2, 0.25) is 0 Å². The highest BCUT2D eigenvalue weighted by Crippen LogP contribution is 2.37. The summed E-state index contributed by atoms with van der Waals surface area (Å²) in [7, 11) is 0. The minimum absolute atomic E-state index is 0.00688. The lowest BCUT2D eigenvalue weighted by Gasteiger charge is -2.20. The zero-order valence-corrected chi connectivity index (χ0v) is 20.7. The first kappa shape index (κ1) is 27.4. The molecule has 1 aromatic carbocycles. The second-order valence-corrected chi connectivity index (χ2v) is 8.80. The van der Waals surface area contributed by atoms with E-state index in [-0.39, 0.29) is 28.2 Å². The van der Waals surface area contributed by atoms with Gasteiger partial charge in [0, 0.05) is 17.1 Å². The van der Waals surface area contributed by atoms with Gasteiger partial charge in [0.15, 0.2) is 0 Å². The Balaban J connectivity index is 1.92. The molecule has 0 saturated heterocycles. The maximum Gasteiger partial charge on any atom is 0.433 e. The highest BCUT2D eigenvalue weighted by Gasteiger charge is 2.35. The molecule has 0 fully saturated rings. The van der Waals surface area contributed by atoms with Crippen molar-refractivity contribution < 1.29 is 26.3 Å². The number of alkyl halides is 6. The zero-order chi connectivity index (χ0) is 27.5. The molecule has 0 aliphatic carbocycles. The Morgan fingerprint density at radius 2 is 1.50 bits per heavy atom. The molecule has 4 aromatic rings. The Labute approximate surface area is 215 Å². The number of halogens is 6. The van der Waals surface area contributed by atoms with E-state index < -0.39 is 23.6 Å². The molecule has 0 amide bonds. The number of fused-ring (bicyclic) bond motifs is 1. The third kappa shape index (κ3) is 6.09. The lowest BCUT2D eigenvalue weighted by atomic mass is 10.0. The molecule has 0 spiro atoms. The van der Waals surface area contributed by atoms with Crippen molar-refractivity contribution in [3.8, 4) is 22.6 Å². The smallest absolute Gasteiger partial charge is 0.296 e. The molecule has 0 unspecified atom stereocenters. The molecule has 38 heavy (non-hydrogen) atoms. The molecule has 0 radical (unpaired) electrons. The van der Waals surface area contributed by atoms with Gasteiger partial charge in [0.05, 0.1) is 29.0 Å². The van der Waals surface area contributed by atoms with Crippen LogP contribution >= 0.6 is 0 Å². The van der Waals surface area contributed by atoms with Crippen molar-refractivity contribution in [3.05, 3.63) is 71.8 Å². The average molecular weight is 534 g/mol. The van der Waals surface area contributed by atoms with E-state index in [1.54, 1.807) is 0 Å². The van der Waals surface area contributed by atoms with Crippen LogP contribution in [0.4, 0.5) is 26.3 Å². The van der Waals surface area contributed by atoms with Gasteiger partial charge in [0.1, 0.15) is 17.2 Å². The van der Waals surface area contributed by atoms with Gasteiger partial charge < -0.3 is 0 Å². The molecule has 0 atom stereocenters. The second-order valence-electron chi connectivity index (χ2n) is 8.80. The SMILES string of the molecule is CCCN(CCC)Cc1nc(-c2cccc(C(F)(F)F)n2)c2ccc(-c3ncccc3C(F)(F)F)cc2n1. The van der Waals surface area contributed by atoms with Gasteiger partial charge in [-0.2, -0.15) is 26.3 Å². The van der Waals surface area contributed by atoms with Crippen LogP contribution in [-0.2, 0) is 18.9 Å². The summed E-state index contributed by atoms with van der Waals surface area (Å²) in [6.07, 6.45) is -6.25. The fourth-order valence-electron chi connectivity index (χ4n) is 4.28. The number of pyridine rings is 2. The van der Waals surface area contributed by atoms with Crippen LogP contribution in [0, 0.1) is 0 Å². The molecular formula is C27H25F6N5. The van der Waals surface area contributed by atoms with Crippen LogP contribution < -0.4 is 0 Å². The Kier molecular flexibility index (Phi) is 7.96. The van der Waals surface area contributed by atoms with Crippen molar-refractivity contribution >= 4 is 10.9 Å². The fraction of sp³-hybridized carbons (Fsp3) is 0.333. The number of hydrogen-bond acceptors (Lipinski definition) is 5. The Bertz CT molecular complexity index is 1410. The molecule has 0 aliphatic rings. The van der Waals surface area contributed by atoms with Gasteiger partial charge in [-0.3, -0.25) is 9.88 Å². The summed E-state index contributed by atoms with van der Waals surface area (Å²) in [6.45, 7) is 5.90. The van der Waals surface area contributed by atoms with Crippen molar-refractivity contribution in [1.29, 1.82) is 0 Å². The van der Waals surface area contributed by atoms with Crippen LogP contribution in [0.3, 0.4) is 0 Å². The lowest BCUT2D eigenvalue weighted by molar-refractivity contribution is -0.141. The zero-order valence-electron chi connectivity index (χ0n) is 20.7. The number of nitrogens with zero attached hydrogens (tertiary/aromatic N) is 5. The number of benzene rings is 1. The molecule has 5 nitrogen and oxygen atoms in total. The van der Waals surface area contributed by atoms with Crippen LogP contribution in [0.2, 0.25) is 0 Å². The molecule has 0 saturated carbocycles. The van der Waals surface area contributed by atoms with Crippen molar-refractivity contribution in [2.45, 2.75) is 45.6 Å². The van der Waals surface area contributed by atoms with E-state index in [9.17, 15) is 26.3 Å². The van der Waals surface area contributed by atoms with E-state index >= 15 is 0 Å². The normalized spacial score (nSPS) is 12.4. The molecule has 0 bridgehead atoms. The third-order valence-electron chi connectivity index (χ3n) is 5.86. The van der Waals surface area contributed by atoms with Crippen molar-refractivity contribution in [2.75, 3.05) is 13.1 Å². The van der Waals surface area contributed by atoms with E-state index in [0.717, 1.165) is 38.1 Å².